The van der Waals surface area contributed by atoms with Crippen molar-refractivity contribution in [2.75, 3.05) is 22.7 Å². The Morgan fingerprint density at radius 3 is 2.33 bits per heavy atom. The average Bonchev–Trinajstić information content (AvgIpc) is 2.93. The van der Waals surface area contributed by atoms with Gasteiger partial charge in [-0.3, -0.25) is 19.1 Å². The van der Waals surface area contributed by atoms with E-state index in [9.17, 15) is 27.2 Å². The van der Waals surface area contributed by atoms with Crippen molar-refractivity contribution in [2.45, 2.75) is 38.1 Å². The molecule has 0 atom stereocenters. The van der Waals surface area contributed by atoms with Gasteiger partial charge in [0.1, 0.15) is 5.82 Å². The molecule has 1 aliphatic heterocycles. The summed E-state index contributed by atoms with van der Waals surface area (Å²) < 4.78 is 42.5. The van der Waals surface area contributed by atoms with Gasteiger partial charge in [0.15, 0.2) is 11.6 Å². The van der Waals surface area contributed by atoms with Crippen LogP contribution in [0.15, 0.2) is 77.2 Å². The fourth-order valence-corrected chi connectivity index (χ4v) is 6.68. The third-order valence-electron chi connectivity index (χ3n) is 7.56. The number of hydrogen-bond acceptors (Lipinski definition) is 6. The summed E-state index contributed by atoms with van der Waals surface area (Å²) in [5.41, 5.74) is 1.72. The van der Waals surface area contributed by atoms with E-state index in [1.54, 1.807) is 0 Å². The number of fused-ring (bicyclic) bond motifs is 1. The molecule has 0 radical (unpaired) electrons. The Morgan fingerprint density at radius 1 is 0.976 bits per heavy atom. The third kappa shape index (κ3) is 6.57. The van der Waals surface area contributed by atoms with E-state index in [4.69, 9.17) is 0 Å². The predicted octanol–water partition coefficient (Wildman–Crippen LogP) is 5.48. The van der Waals surface area contributed by atoms with Crippen molar-refractivity contribution in [1.82, 2.24) is 5.32 Å². The number of Topliss-reactive ketones (excluding diaryl/α,β-unsaturated/α-hetero) is 1. The summed E-state index contributed by atoms with van der Waals surface area (Å²) in [5, 5.41) is 2.69. The molecule has 2 N–H and O–H groups in total. The zero-order chi connectivity index (χ0) is 30.2. The van der Waals surface area contributed by atoms with Gasteiger partial charge in [0.05, 0.1) is 16.2 Å². The van der Waals surface area contributed by atoms with E-state index in [0.29, 0.717) is 8.99 Å². The molecule has 5 rings (SSSR count). The van der Waals surface area contributed by atoms with Crippen LogP contribution >= 0.6 is 22.6 Å². The largest absolute Gasteiger partial charge is 0.371 e. The fourth-order valence-electron chi connectivity index (χ4n) is 4.98. The second-order valence-electron chi connectivity index (χ2n) is 11.2. The van der Waals surface area contributed by atoms with Gasteiger partial charge in [-0.1, -0.05) is 26.0 Å². The van der Waals surface area contributed by atoms with Crippen molar-refractivity contribution in [3.8, 4) is 0 Å². The fraction of sp³-hybridized carbons (Fsp3) is 0.258. The number of ketones is 2. The van der Waals surface area contributed by atoms with Gasteiger partial charge < -0.3 is 10.2 Å². The number of sulfonamides is 1. The van der Waals surface area contributed by atoms with E-state index < -0.39 is 33.3 Å². The van der Waals surface area contributed by atoms with Gasteiger partial charge in [-0.05, 0) is 94.9 Å². The van der Waals surface area contributed by atoms with Crippen LogP contribution in [0.25, 0.3) is 0 Å². The highest BCUT2D eigenvalue weighted by atomic mass is 127. The number of benzene rings is 3. The smallest absolute Gasteiger partial charge is 0.261 e. The number of rotatable bonds is 7. The zero-order valence-electron chi connectivity index (χ0n) is 23.0. The molecule has 0 bridgehead atoms. The molecular formula is C31H29FIN3O5S. The third-order valence-corrected chi connectivity index (χ3v) is 9.56. The summed E-state index contributed by atoms with van der Waals surface area (Å²) >= 11 is 1.86. The van der Waals surface area contributed by atoms with Crippen LogP contribution in [0, 0.1) is 14.8 Å². The highest BCUT2D eigenvalue weighted by molar-refractivity contribution is 14.1. The van der Waals surface area contributed by atoms with Crippen molar-refractivity contribution >= 4 is 61.5 Å². The van der Waals surface area contributed by atoms with E-state index in [1.807, 2.05) is 46.9 Å². The van der Waals surface area contributed by atoms with Crippen LogP contribution < -0.4 is 14.9 Å². The van der Waals surface area contributed by atoms with Gasteiger partial charge in [0.2, 0.25) is 0 Å². The molecule has 0 aromatic heterocycles. The van der Waals surface area contributed by atoms with Crippen LogP contribution in [0.3, 0.4) is 0 Å². The normalized spacial score (nSPS) is 16.5. The number of amides is 1. The quantitative estimate of drug-likeness (QED) is 0.250. The van der Waals surface area contributed by atoms with Crippen molar-refractivity contribution in [3.63, 3.8) is 0 Å². The van der Waals surface area contributed by atoms with Crippen LogP contribution in [0.5, 0.6) is 0 Å². The second kappa shape index (κ2) is 11.6. The van der Waals surface area contributed by atoms with Gasteiger partial charge >= 0.3 is 0 Å². The lowest BCUT2D eigenvalue weighted by molar-refractivity contribution is -0.117. The molecule has 8 nitrogen and oxygen atoms in total. The number of piperidine rings is 1. The number of nitrogens with one attached hydrogen (secondary N) is 2. The van der Waals surface area contributed by atoms with E-state index >= 15 is 0 Å². The first-order valence-electron chi connectivity index (χ1n) is 13.4. The topological polar surface area (TPSA) is 113 Å². The maximum atomic E-state index is 13.8. The van der Waals surface area contributed by atoms with Crippen LogP contribution in [-0.2, 0) is 21.4 Å². The Morgan fingerprint density at radius 2 is 1.67 bits per heavy atom. The number of hydrogen-bond donors (Lipinski definition) is 2. The summed E-state index contributed by atoms with van der Waals surface area (Å²) in [6.45, 7) is 6.67. The van der Waals surface area contributed by atoms with Crippen LogP contribution in [0.1, 0.15) is 53.0 Å². The lowest BCUT2D eigenvalue weighted by Gasteiger charge is -2.38. The van der Waals surface area contributed by atoms with Gasteiger partial charge in [0.25, 0.3) is 15.9 Å². The molecule has 3 aromatic carbocycles. The minimum Gasteiger partial charge on any atom is -0.371 e. The molecule has 3 aromatic rings. The number of carbonyl (C=O) groups excluding carboxylic acids is 3. The highest BCUT2D eigenvalue weighted by Gasteiger charge is 2.31. The molecule has 0 unspecified atom stereocenters. The summed E-state index contributed by atoms with van der Waals surface area (Å²) in [7, 11) is -4.23. The van der Waals surface area contributed by atoms with E-state index in [2.05, 4.69) is 28.8 Å². The molecule has 2 aliphatic rings. The first-order valence-corrected chi connectivity index (χ1v) is 15.9. The molecule has 1 saturated heterocycles. The zero-order valence-corrected chi connectivity index (χ0v) is 26.0. The highest BCUT2D eigenvalue weighted by Crippen LogP contribution is 2.32. The van der Waals surface area contributed by atoms with E-state index in [1.165, 1.54) is 24.3 Å². The SMILES string of the molecule is CC1(C)CCN(c2ccc(CNC(=O)C3=CC(=O)c4ccc(S(=O)(=O)Nc5cc(F)cc(I)c5)cc4C3=O)cc2)CC1. The Balaban J connectivity index is 1.27. The van der Waals surface area contributed by atoms with Crippen LogP contribution in [0.4, 0.5) is 15.8 Å². The first-order chi connectivity index (χ1) is 19.8. The first kappa shape index (κ1) is 29.9. The minimum atomic E-state index is -4.23. The number of carbonyl (C=O) groups is 3. The van der Waals surface area contributed by atoms with Gasteiger partial charge in [0, 0.05) is 46.1 Å². The van der Waals surface area contributed by atoms with Crippen molar-refractivity contribution in [2.24, 2.45) is 5.41 Å². The van der Waals surface area contributed by atoms with Crippen molar-refractivity contribution < 1.29 is 27.2 Å². The number of halogens is 2. The number of allylic oxidation sites excluding steroid dienone is 1. The maximum Gasteiger partial charge on any atom is 0.261 e. The molecule has 1 amide bonds. The monoisotopic (exact) mass is 701 g/mol. The maximum absolute atomic E-state index is 13.8. The number of nitrogens with zero attached hydrogens (tertiary/aromatic N) is 1. The predicted molar refractivity (Wildman–Crippen MR) is 167 cm³/mol. The molecule has 0 saturated carbocycles. The van der Waals surface area contributed by atoms with Gasteiger partial charge in [-0.25, -0.2) is 12.8 Å². The van der Waals surface area contributed by atoms with Crippen molar-refractivity contribution in [1.29, 1.82) is 0 Å². The molecular weight excluding hydrogens is 672 g/mol. The molecule has 42 heavy (non-hydrogen) atoms. The Bertz CT molecular complexity index is 1710. The van der Waals surface area contributed by atoms with Gasteiger partial charge in [-0.2, -0.15) is 0 Å². The molecule has 1 heterocycles. The Labute approximate surface area is 257 Å². The van der Waals surface area contributed by atoms with Crippen LogP contribution in [0.2, 0.25) is 0 Å². The second-order valence-corrected chi connectivity index (χ2v) is 14.2. The standard InChI is InChI=1S/C31H29FIN3O5S/c1-31(2)9-11-36(12-10-31)23-5-3-19(4-6-23)18-34-30(39)27-17-28(37)25-8-7-24(16-26(25)29(27)38)42(40,41)35-22-14-20(32)13-21(33)15-22/h3-8,13-17,35H,9-12,18H2,1-2H3,(H,34,39). The van der Waals surface area contributed by atoms with E-state index in [0.717, 1.165) is 55.4 Å². The summed E-state index contributed by atoms with van der Waals surface area (Å²) in [6, 6.07) is 15.0. The minimum absolute atomic E-state index is 0.00685. The summed E-state index contributed by atoms with van der Waals surface area (Å²) in [5.74, 6) is -2.70. The van der Waals surface area contributed by atoms with E-state index in [-0.39, 0.29) is 33.8 Å². The Kier molecular flexibility index (Phi) is 8.26. The lowest BCUT2D eigenvalue weighted by atomic mass is 9.82. The molecule has 218 valence electrons. The number of anilines is 2. The van der Waals surface area contributed by atoms with Crippen molar-refractivity contribution in [3.05, 3.63) is 98.4 Å². The molecule has 0 spiro atoms. The molecule has 1 aliphatic carbocycles. The van der Waals surface area contributed by atoms with Gasteiger partial charge in [-0.15, -0.1) is 0 Å². The molecule has 1 fully saturated rings. The molecule has 11 heteroatoms. The lowest BCUT2D eigenvalue weighted by Crippen LogP contribution is -2.37. The summed E-state index contributed by atoms with van der Waals surface area (Å²) in [4.78, 5) is 41.0. The average molecular weight is 702 g/mol. The van der Waals surface area contributed by atoms with Crippen LogP contribution in [-0.4, -0.2) is 39.0 Å². The summed E-state index contributed by atoms with van der Waals surface area (Å²) in [6.07, 6.45) is 3.21. The Hall–Kier alpha value is -3.58.